The van der Waals surface area contributed by atoms with E-state index in [0.29, 0.717) is 5.39 Å². The Morgan fingerprint density at radius 2 is 1.70 bits per heavy atom. The Balaban J connectivity index is 1.81. The molecule has 0 atom stereocenters. The molecule has 3 aromatic rings. The van der Waals surface area contributed by atoms with Crippen molar-refractivity contribution in [3.8, 4) is 0 Å². The number of nitrogens with zero attached hydrogens (tertiary/aromatic N) is 1. The Bertz CT molecular complexity index is 793. The summed E-state index contributed by atoms with van der Waals surface area (Å²) in [4.78, 5) is 11.6. The van der Waals surface area contributed by atoms with Gasteiger partial charge < -0.3 is 0 Å². The third-order valence-electron chi connectivity index (χ3n) is 3.35. The van der Waals surface area contributed by atoms with Crippen LogP contribution in [0.1, 0.15) is 11.1 Å². The minimum Gasteiger partial charge on any atom is -0.267 e. The number of hydrogen-bond acceptors (Lipinski definition) is 2. The summed E-state index contributed by atoms with van der Waals surface area (Å²) in [5, 5.41) is 8.58. The largest absolute Gasteiger partial charge is 0.272 e. The lowest BCUT2D eigenvalue weighted by Gasteiger charge is -2.04. The van der Waals surface area contributed by atoms with Gasteiger partial charge >= 0.3 is 0 Å². The van der Waals surface area contributed by atoms with Gasteiger partial charge in [0.25, 0.3) is 5.56 Å². The Labute approximate surface area is 121 Å². The summed E-state index contributed by atoms with van der Waals surface area (Å²) in [6.07, 6.45) is 3.55. The third-order valence-corrected chi connectivity index (χ3v) is 3.60. The average Bonchev–Trinajstić information content (AvgIpc) is 2.47. The summed E-state index contributed by atoms with van der Waals surface area (Å²) >= 11 is 5.87. The zero-order valence-electron chi connectivity index (χ0n) is 10.8. The standard InChI is InChI=1S/C16H13ClN2O/c17-14-6-3-11(4-7-14)1-2-12-5-8-15-13(9-12)10-18-19-16(15)20/h3-10H,1-2H2,(H,19,20). The van der Waals surface area contributed by atoms with Crippen molar-refractivity contribution in [1.29, 1.82) is 0 Å². The van der Waals surface area contributed by atoms with E-state index < -0.39 is 0 Å². The third kappa shape index (κ3) is 2.73. The highest BCUT2D eigenvalue weighted by Gasteiger charge is 2.01. The van der Waals surface area contributed by atoms with Crippen molar-refractivity contribution in [3.63, 3.8) is 0 Å². The summed E-state index contributed by atoms with van der Waals surface area (Å²) in [5.41, 5.74) is 2.30. The van der Waals surface area contributed by atoms with Crippen LogP contribution in [0.25, 0.3) is 10.8 Å². The van der Waals surface area contributed by atoms with Crippen LogP contribution in [0.3, 0.4) is 0 Å². The van der Waals surface area contributed by atoms with Crippen LogP contribution < -0.4 is 5.56 Å². The molecule has 0 fully saturated rings. The maximum atomic E-state index is 11.6. The van der Waals surface area contributed by atoms with E-state index in [1.54, 1.807) is 6.20 Å². The molecule has 3 rings (SSSR count). The molecule has 0 aliphatic heterocycles. The highest BCUT2D eigenvalue weighted by Crippen LogP contribution is 2.15. The minimum atomic E-state index is -0.147. The van der Waals surface area contributed by atoms with Gasteiger partial charge in [-0.3, -0.25) is 4.79 Å². The first kappa shape index (κ1) is 12.9. The van der Waals surface area contributed by atoms with E-state index in [2.05, 4.69) is 10.2 Å². The zero-order chi connectivity index (χ0) is 13.9. The number of hydrogen-bond donors (Lipinski definition) is 1. The van der Waals surface area contributed by atoms with Crippen LogP contribution in [0.15, 0.2) is 53.5 Å². The molecule has 0 unspecified atom stereocenters. The second kappa shape index (κ2) is 5.47. The number of fused-ring (bicyclic) bond motifs is 1. The lowest BCUT2D eigenvalue weighted by atomic mass is 10.0. The number of rotatable bonds is 3. The first-order valence-electron chi connectivity index (χ1n) is 6.43. The van der Waals surface area contributed by atoms with Crippen LogP contribution >= 0.6 is 11.6 Å². The molecule has 0 aliphatic carbocycles. The molecule has 1 aromatic heterocycles. The molecule has 3 nitrogen and oxygen atoms in total. The fourth-order valence-corrected chi connectivity index (χ4v) is 2.37. The van der Waals surface area contributed by atoms with Crippen molar-refractivity contribution in [2.45, 2.75) is 12.8 Å². The van der Waals surface area contributed by atoms with Crippen LogP contribution in [0.4, 0.5) is 0 Å². The predicted molar refractivity (Wildman–Crippen MR) is 81.2 cm³/mol. The molecule has 0 aliphatic rings. The Morgan fingerprint density at radius 1 is 1.00 bits per heavy atom. The number of H-pyrrole nitrogens is 1. The van der Waals surface area contributed by atoms with Crippen molar-refractivity contribution in [2.24, 2.45) is 0 Å². The highest BCUT2D eigenvalue weighted by molar-refractivity contribution is 6.30. The molecule has 0 saturated carbocycles. The van der Waals surface area contributed by atoms with Crippen molar-refractivity contribution in [2.75, 3.05) is 0 Å². The van der Waals surface area contributed by atoms with Crippen LogP contribution in [0, 0.1) is 0 Å². The number of aryl methyl sites for hydroxylation is 2. The van der Waals surface area contributed by atoms with Gasteiger partial charge in [-0.05, 0) is 48.2 Å². The van der Waals surface area contributed by atoms with Gasteiger partial charge in [0.05, 0.1) is 11.6 Å². The summed E-state index contributed by atoms with van der Waals surface area (Å²) in [7, 11) is 0. The van der Waals surface area contributed by atoms with E-state index in [0.717, 1.165) is 23.3 Å². The SMILES string of the molecule is O=c1[nH]ncc2cc(CCc3ccc(Cl)cc3)ccc12. The molecule has 0 amide bonds. The van der Waals surface area contributed by atoms with Gasteiger partial charge in [-0.15, -0.1) is 0 Å². The van der Waals surface area contributed by atoms with E-state index in [4.69, 9.17) is 11.6 Å². The lowest BCUT2D eigenvalue weighted by molar-refractivity contribution is 0.960. The van der Waals surface area contributed by atoms with Gasteiger partial charge in [0, 0.05) is 10.4 Å². The van der Waals surface area contributed by atoms with Crippen molar-refractivity contribution in [1.82, 2.24) is 10.2 Å². The maximum Gasteiger partial charge on any atom is 0.272 e. The monoisotopic (exact) mass is 284 g/mol. The summed E-state index contributed by atoms with van der Waals surface area (Å²) in [5.74, 6) is 0. The number of aromatic amines is 1. The smallest absolute Gasteiger partial charge is 0.267 e. The topological polar surface area (TPSA) is 45.8 Å². The Hall–Kier alpha value is -2.13. The van der Waals surface area contributed by atoms with Crippen molar-refractivity contribution < 1.29 is 0 Å². The van der Waals surface area contributed by atoms with Crippen LogP contribution in [-0.4, -0.2) is 10.2 Å². The summed E-state index contributed by atoms with van der Waals surface area (Å²) < 4.78 is 0. The fourth-order valence-electron chi connectivity index (χ4n) is 2.24. The van der Waals surface area contributed by atoms with E-state index in [1.807, 2.05) is 42.5 Å². The normalized spacial score (nSPS) is 10.8. The highest BCUT2D eigenvalue weighted by atomic mass is 35.5. The van der Waals surface area contributed by atoms with Gasteiger partial charge in [0.1, 0.15) is 0 Å². The predicted octanol–water partition coefficient (Wildman–Crippen LogP) is 3.36. The molecule has 1 N–H and O–H groups in total. The lowest BCUT2D eigenvalue weighted by Crippen LogP contribution is -2.07. The number of benzene rings is 2. The molecule has 2 aromatic carbocycles. The van der Waals surface area contributed by atoms with Gasteiger partial charge in [0.2, 0.25) is 0 Å². The maximum absolute atomic E-state index is 11.6. The van der Waals surface area contributed by atoms with Gasteiger partial charge in [-0.25, -0.2) is 5.10 Å². The van der Waals surface area contributed by atoms with Crippen LogP contribution in [0.2, 0.25) is 5.02 Å². The molecule has 100 valence electrons. The Kier molecular flexibility index (Phi) is 3.52. The zero-order valence-corrected chi connectivity index (χ0v) is 11.5. The molecule has 0 radical (unpaired) electrons. The second-order valence-electron chi connectivity index (χ2n) is 4.75. The van der Waals surface area contributed by atoms with Crippen LogP contribution in [0.5, 0.6) is 0 Å². The number of halogens is 1. The van der Waals surface area contributed by atoms with E-state index in [9.17, 15) is 4.79 Å². The van der Waals surface area contributed by atoms with Gasteiger partial charge in [-0.1, -0.05) is 29.8 Å². The minimum absolute atomic E-state index is 0.147. The van der Waals surface area contributed by atoms with E-state index in [1.165, 1.54) is 11.1 Å². The van der Waals surface area contributed by atoms with Gasteiger partial charge in [0.15, 0.2) is 0 Å². The van der Waals surface area contributed by atoms with Crippen molar-refractivity contribution in [3.05, 3.63) is 75.2 Å². The summed E-state index contributed by atoms with van der Waals surface area (Å²) in [6, 6.07) is 13.8. The Morgan fingerprint density at radius 3 is 2.50 bits per heavy atom. The second-order valence-corrected chi connectivity index (χ2v) is 5.18. The molecule has 0 saturated heterocycles. The molecule has 1 heterocycles. The molecule has 4 heteroatoms. The molecule has 0 spiro atoms. The molecular weight excluding hydrogens is 272 g/mol. The fraction of sp³-hybridized carbons (Fsp3) is 0.125. The average molecular weight is 285 g/mol. The van der Waals surface area contributed by atoms with Crippen LogP contribution in [-0.2, 0) is 12.8 Å². The summed E-state index contributed by atoms with van der Waals surface area (Å²) in [6.45, 7) is 0. The van der Waals surface area contributed by atoms with Crippen molar-refractivity contribution >= 4 is 22.4 Å². The molecule has 20 heavy (non-hydrogen) atoms. The van der Waals surface area contributed by atoms with E-state index in [-0.39, 0.29) is 5.56 Å². The van der Waals surface area contributed by atoms with Gasteiger partial charge in [-0.2, -0.15) is 5.10 Å². The molecular formula is C16H13ClN2O. The quantitative estimate of drug-likeness (QED) is 0.801. The first-order chi connectivity index (χ1) is 9.72. The molecule has 0 bridgehead atoms. The number of aromatic nitrogens is 2. The van der Waals surface area contributed by atoms with E-state index >= 15 is 0 Å². The number of nitrogens with one attached hydrogen (secondary N) is 1. The first-order valence-corrected chi connectivity index (χ1v) is 6.81.